The molecule has 1 rings (SSSR count). The molecule has 0 saturated heterocycles. The summed E-state index contributed by atoms with van der Waals surface area (Å²) in [6, 6.07) is 4.90. The number of hydrogen-bond acceptors (Lipinski definition) is 3. The van der Waals surface area contributed by atoms with Gasteiger partial charge in [-0.15, -0.1) is 0 Å². The molecule has 0 bridgehead atoms. The number of amides is 1. The minimum atomic E-state index is -0.129. The molecule has 1 amide bonds. The standard InChI is InChI=1S/C12H17BrN2O2/c1-2-8(7-14)5-12(17)15-10-6-9(13)3-4-11(10)16/h3-4,6,8,16H,2,5,7,14H2,1H3,(H,15,17). The van der Waals surface area contributed by atoms with Crippen LogP contribution in [0.25, 0.3) is 0 Å². The lowest BCUT2D eigenvalue weighted by Gasteiger charge is -2.12. The number of carbonyl (C=O) groups is 1. The van der Waals surface area contributed by atoms with E-state index in [0.717, 1.165) is 10.9 Å². The average molecular weight is 301 g/mol. The Bertz CT molecular complexity index is 392. The summed E-state index contributed by atoms with van der Waals surface area (Å²) in [6.07, 6.45) is 1.24. The molecule has 1 unspecified atom stereocenters. The maximum atomic E-state index is 11.7. The molecule has 0 radical (unpaired) electrons. The maximum absolute atomic E-state index is 11.7. The highest BCUT2D eigenvalue weighted by Crippen LogP contribution is 2.27. The minimum Gasteiger partial charge on any atom is -0.506 e. The molecule has 0 fully saturated rings. The molecule has 0 heterocycles. The first kappa shape index (κ1) is 14.0. The van der Waals surface area contributed by atoms with Crippen molar-refractivity contribution in [1.82, 2.24) is 0 Å². The third kappa shape index (κ3) is 4.36. The zero-order valence-corrected chi connectivity index (χ0v) is 11.3. The number of rotatable bonds is 5. The van der Waals surface area contributed by atoms with E-state index in [9.17, 15) is 9.90 Å². The van der Waals surface area contributed by atoms with Crippen molar-refractivity contribution in [2.24, 2.45) is 11.7 Å². The van der Waals surface area contributed by atoms with E-state index in [0.29, 0.717) is 18.7 Å². The Kier molecular flexibility index (Phi) is 5.44. The van der Waals surface area contributed by atoms with E-state index in [1.807, 2.05) is 6.92 Å². The van der Waals surface area contributed by atoms with Gasteiger partial charge in [0.1, 0.15) is 5.75 Å². The second-order valence-corrected chi connectivity index (χ2v) is 4.84. The van der Waals surface area contributed by atoms with Crippen LogP contribution in [0, 0.1) is 5.92 Å². The molecule has 0 aromatic heterocycles. The van der Waals surface area contributed by atoms with Crippen LogP contribution in [0.1, 0.15) is 19.8 Å². The van der Waals surface area contributed by atoms with Crippen molar-refractivity contribution in [1.29, 1.82) is 0 Å². The van der Waals surface area contributed by atoms with E-state index in [-0.39, 0.29) is 17.6 Å². The van der Waals surface area contributed by atoms with Crippen LogP contribution in [0.3, 0.4) is 0 Å². The van der Waals surface area contributed by atoms with Crippen molar-refractivity contribution in [2.75, 3.05) is 11.9 Å². The number of phenols is 1. The van der Waals surface area contributed by atoms with Gasteiger partial charge in [-0.2, -0.15) is 0 Å². The molecule has 0 aliphatic rings. The van der Waals surface area contributed by atoms with Gasteiger partial charge in [-0.25, -0.2) is 0 Å². The zero-order valence-electron chi connectivity index (χ0n) is 9.74. The fraction of sp³-hybridized carbons (Fsp3) is 0.417. The van der Waals surface area contributed by atoms with Crippen LogP contribution in [-0.4, -0.2) is 17.6 Å². The fourth-order valence-corrected chi connectivity index (χ4v) is 1.83. The summed E-state index contributed by atoms with van der Waals surface area (Å²) in [4.78, 5) is 11.7. The molecule has 1 aromatic rings. The predicted octanol–water partition coefficient (Wildman–Crippen LogP) is 2.47. The van der Waals surface area contributed by atoms with E-state index in [1.165, 1.54) is 6.07 Å². The Morgan fingerprint density at radius 1 is 1.59 bits per heavy atom. The summed E-state index contributed by atoms with van der Waals surface area (Å²) in [5.41, 5.74) is 5.96. The highest BCUT2D eigenvalue weighted by molar-refractivity contribution is 9.10. The fourth-order valence-electron chi connectivity index (χ4n) is 1.47. The van der Waals surface area contributed by atoms with Gasteiger partial charge in [-0.3, -0.25) is 4.79 Å². The van der Waals surface area contributed by atoms with Gasteiger partial charge in [0.05, 0.1) is 5.69 Å². The second-order valence-electron chi connectivity index (χ2n) is 3.92. The summed E-state index contributed by atoms with van der Waals surface area (Å²) in [5, 5.41) is 12.2. The molecule has 0 aliphatic heterocycles. The summed E-state index contributed by atoms with van der Waals surface area (Å²) < 4.78 is 0.802. The summed E-state index contributed by atoms with van der Waals surface area (Å²) in [5.74, 6) is 0.113. The van der Waals surface area contributed by atoms with Crippen molar-refractivity contribution in [3.63, 3.8) is 0 Å². The quantitative estimate of drug-likeness (QED) is 0.731. The topological polar surface area (TPSA) is 75.4 Å². The van der Waals surface area contributed by atoms with Crippen molar-refractivity contribution >= 4 is 27.5 Å². The van der Waals surface area contributed by atoms with E-state index in [1.54, 1.807) is 12.1 Å². The Labute approximate surface area is 109 Å². The van der Waals surface area contributed by atoms with E-state index in [4.69, 9.17) is 5.73 Å². The summed E-state index contributed by atoms with van der Waals surface area (Å²) in [7, 11) is 0. The van der Waals surface area contributed by atoms with Crippen LogP contribution in [0.2, 0.25) is 0 Å². The molecule has 1 atom stereocenters. The van der Waals surface area contributed by atoms with Gasteiger partial charge in [0.2, 0.25) is 5.91 Å². The lowest BCUT2D eigenvalue weighted by molar-refractivity contribution is -0.117. The smallest absolute Gasteiger partial charge is 0.224 e. The Hall–Kier alpha value is -1.07. The van der Waals surface area contributed by atoms with Crippen LogP contribution in [0.5, 0.6) is 5.75 Å². The van der Waals surface area contributed by atoms with Gasteiger partial charge in [-0.05, 0) is 30.7 Å². The van der Waals surface area contributed by atoms with Crippen molar-refractivity contribution in [3.05, 3.63) is 22.7 Å². The second kappa shape index (κ2) is 6.61. The summed E-state index contributed by atoms with van der Waals surface area (Å²) >= 11 is 3.28. The number of aromatic hydroxyl groups is 1. The van der Waals surface area contributed by atoms with Gasteiger partial charge in [-0.1, -0.05) is 29.3 Å². The van der Waals surface area contributed by atoms with Gasteiger partial charge < -0.3 is 16.2 Å². The number of nitrogens with two attached hydrogens (primary N) is 1. The lowest BCUT2D eigenvalue weighted by atomic mass is 10.0. The number of nitrogens with one attached hydrogen (secondary N) is 1. The average Bonchev–Trinajstić information content (AvgIpc) is 2.31. The van der Waals surface area contributed by atoms with Gasteiger partial charge in [0.25, 0.3) is 0 Å². The van der Waals surface area contributed by atoms with Crippen molar-refractivity contribution in [3.8, 4) is 5.75 Å². The number of benzene rings is 1. The zero-order chi connectivity index (χ0) is 12.8. The molecule has 0 saturated carbocycles. The van der Waals surface area contributed by atoms with Crippen LogP contribution in [-0.2, 0) is 4.79 Å². The van der Waals surface area contributed by atoms with Crippen molar-refractivity contribution < 1.29 is 9.90 Å². The summed E-state index contributed by atoms with van der Waals surface area (Å²) in [6.45, 7) is 2.50. The first-order valence-corrected chi connectivity index (χ1v) is 6.34. The van der Waals surface area contributed by atoms with Crippen LogP contribution < -0.4 is 11.1 Å². The van der Waals surface area contributed by atoms with E-state index >= 15 is 0 Å². The number of phenolic OH excluding ortho intramolecular Hbond substituents is 1. The van der Waals surface area contributed by atoms with E-state index < -0.39 is 0 Å². The highest BCUT2D eigenvalue weighted by atomic mass is 79.9. The van der Waals surface area contributed by atoms with Crippen LogP contribution >= 0.6 is 15.9 Å². The molecule has 4 nitrogen and oxygen atoms in total. The van der Waals surface area contributed by atoms with Crippen LogP contribution in [0.15, 0.2) is 22.7 Å². The number of halogens is 1. The predicted molar refractivity (Wildman–Crippen MR) is 71.9 cm³/mol. The molecular weight excluding hydrogens is 284 g/mol. The van der Waals surface area contributed by atoms with Gasteiger partial charge in [0.15, 0.2) is 0 Å². The monoisotopic (exact) mass is 300 g/mol. The Morgan fingerprint density at radius 2 is 2.29 bits per heavy atom. The third-order valence-electron chi connectivity index (χ3n) is 2.62. The van der Waals surface area contributed by atoms with Gasteiger partial charge in [0, 0.05) is 10.9 Å². The molecule has 4 N–H and O–H groups in total. The first-order valence-electron chi connectivity index (χ1n) is 5.55. The SMILES string of the molecule is CCC(CN)CC(=O)Nc1cc(Br)ccc1O. The lowest BCUT2D eigenvalue weighted by Crippen LogP contribution is -2.21. The molecule has 0 aliphatic carbocycles. The first-order chi connectivity index (χ1) is 8.06. The molecule has 17 heavy (non-hydrogen) atoms. The number of hydrogen-bond donors (Lipinski definition) is 3. The Morgan fingerprint density at radius 3 is 2.88 bits per heavy atom. The molecule has 1 aromatic carbocycles. The minimum absolute atomic E-state index is 0.0577. The Balaban J connectivity index is 2.64. The largest absolute Gasteiger partial charge is 0.506 e. The maximum Gasteiger partial charge on any atom is 0.224 e. The molecule has 5 heteroatoms. The molecule has 94 valence electrons. The molecule has 0 spiro atoms. The van der Waals surface area contributed by atoms with E-state index in [2.05, 4.69) is 21.2 Å². The number of anilines is 1. The highest BCUT2D eigenvalue weighted by Gasteiger charge is 2.12. The number of carbonyl (C=O) groups excluding carboxylic acids is 1. The molecular formula is C12H17BrN2O2. The third-order valence-corrected chi connectivity index (χ3v) is 3.11. The van der Waals surface area contributed by atoms with Crippen LogP contribution in [0.4, 0.5) is 5.69 Å². The normalized spacial score (nSPS) is 12.2. The van der Waals surface area contributed by atoms with Crippen molar-refractivity contribution in [2.45, 2.75) is 19.8 Å². The van der Waals surface area contributed by atoms with Gasteiger partial charge >= 0.3 is 0 Å².